The van der Waals surface area contributed by atoms with Gasteiger partial charge in [-0.1, -0.05) is 35.3 Å². The second kappa shape index (κ2) is 6.40. The number of unbranched alkanes of at least 4 members (excludes halogenated alkanes) is 1. The van der Waals surface area contributed by atoms with Gasteiger partial charge in [0.25, 0.3) is 0 Å². The molecule has 0 saturated carbocycles. The van der Waals surface area contributed by atoms with Gasteiger partial charge in [0.15, 0.2) is 0 Å². The van der Waals surface area contributed by atoms with Crippen LogP contribution in [0.25, 0.3) is 0 Å². The molecule has 0 fully saturated rings. The molecule has 0 aromatic heterocycles. The zero-order chi connectivity index (χ0) is 12.0. The lowest BCUT2D eigenvalue weighted by Crippen LogP contribution is -1.98. The van der Waals surface area contributed by atoms with Crippen molar-refractivity contribution in [3.8, 4) is 5.75 Å². The molecule has 0 aliphatic carbocycles. The van der Waals surface area contributed by atoms with Crippen molar-refractivity contribution in [3.05, 3.63) is 28.7 Å². The van der Waals surface area contributed by atoms with Crippen molar-refractivity contribution in [2.24, 2.45) is 0 Å². The number of benzene rings is 1. The van der Waals surface area contributed by atoms with Crippen LogP contribution in [0, 0.1) is 0 Å². The maximum atomic E-state index is 11.5. The Morgan fingerprint density at radius 3 is 2.88 bits per heavy atom. The summed E-state index contributed by atoms with van der Waals surface area (Å²) in [6.07, 6.45) is 1.63. The molecule has 0 aliphatic rings. The van der Waals surface area contributed by atoms with E-state index in [1.807, 2.05) is 6.92 Å². The Balaban J connectivity index is 2.55. The summed E-state index contributed by atoms with van der Waals surface area (Å²) in [5, 5.41) is 0. The fraction of sp³-hybridized carbons (Fsp3) is 0.400. The molecule has 0 spiro atoms. The van der Waals surface area contributed by atoms with E-state index in [-0.39, 0.29) is 6.61 Å². The fourth-order valence-corrected chi connectivity index (χ4v) is 2.18. The molecule has 1 atom stereocenters. The van der Waals surface area contributed by atoms with Crippen LogP contribution >= 0.6 is 23.8 Å². The topological polar surface area (TPSA) is 55.8 Å². The maximum absolute atomic E-state index is 11.5. The number of phosphoric acid groups is 1. The predicted octanol–water partition coefficient (Wildman–Crippen LogP) is 3.75. The molecule has 1 N–H and O–H groups in total. The van der Waals surface area contributed by atoms with Gasteiger partial charge in [0.1, 0.15) is 5.75 Å². The molecular weight excluding hydrogens is 295 g/mol. The first-order valence-electron chi connectivity index (χ1n) is 4.96. The highest BCUT2D eigenvalue weighted by atomic mass is 79.9. The summed E-state index contributed by atoms with van der Waals surface area (Å²) in [5.74, 6) is 0.303. The summed E-state index contributed by atoms with van der Waals surface area (Å²) in [6.45, 7) is 2.19. The summed E-state index contributed by atoms with van der Waals surface area (Å²) >= 11 is 3.24. The molecular formula is C10H14BrO4P. The Bertz CT molecular complexity index is 383. The van der Waals surface area contributed by atoms with Gasteiger partial charge >= 0.3 is 7.82 Å². The predicted molar refractivity (Wildman–Crippen MR) is 65.5 cm³/mol. The Morgan fingerprint density at radius 2 is 2.25 bits per heavy atom. The summed E-state index contributed by atoms with van der Waals surface area (Å²) < 4.78 is 21.9. The van der Waals surface area contributed by atoms with Crippen molar-refractivity contribution in [1.82, 2.24) is 0 Å². The van der Waals surface area contributed by atoms with Crippen LogP contribution in [-0.4, -0.2) is 11.5 Å². The van der Waals surface area contributed by atoms with E-state index in [1.54, 1.807) is 24.3 Å². The normalized spacial score (nSPS) is 14.4. The van der Waals surface area contributed by atoms with E-state index in [0.717, 1.165) is 17.3 Å². The smallest absolute Gasteiger partial charge is 0.404 e. The quantitative estimate of drug-likeness (QED) is 0.642. The van der Waals surface area contributed by atoms with Crippen LogP contribution in [0.2, 0.25) is 0 Å². The minimum Gasteiger partial charge on any atom is -0.404 e. The van der Waals surface area contributed by atoms with Gasteiger partial charge < -0.3 is 4.52 Å². The molecule has 16 heavy (non-hydrogen) atoms. The first-order valence-corrected chi connectivity index (χ1v) is 7.25. The SMILES string of the molecule is CCCCOP(=O)(O)Oc1cccc(Br)c1. The lowest BCUT2D eigenvalue weighted by Gasteiger charge is -2.12. The van der Waals surface area contributed by atoms with Crippen LogP contribution < -0.4 is 4.52 Å². The van der Waals surface area contributed by atoms with Crippen LogP contribution in [0.3, 0.4) is 0 Å². The lowest BCUT2D eigenvalue weighted by atomic mass is 10.3. The van der Waals surface area contributed by atoms with Crippen LogP contribution in [0.5, 0.6) is 5.75 Å². The van der Waals surface area contributed by atoms with Crippen LogP contribution in [0.4, 0.5) is 0 Å². The van der Waals surface area contributed by atoms with E-state index in [9.17, 15) is 9.46 Å². The van der Waals surface area contributed by atoms with Gasteiger partial charge in [0.05, 0.1) is 6.61 Å². The van der Waals surface area contributed by atoms with E-state index in [2.05, 4.69) is 15.9 Å². The molecule has 0 radical (unpaired) electrons. The second-order valence-corrected chi connectivity index (χ2v) is 5.50. The molecule has 1 aromatic rings. The third-order valence-corrected chi connectivity index (χ3v) is 3.21. The summed E-state index contributed by atoms with van der Waals surface area (Å²) in [5.41, 5.74) is 0. The van der Waals surface area contributed by atoms with E-state index in [4.69, 9.17) is 9.05 Å². The van der Waals surface area contributed by atoms with Crippen molar-refractivity contribution in [1.29, 1.82) is 0 Å². The zero-order valence-corrected chi connectivity index (χ0v) is 11.4. The average Bonchev–Trinajstić information content (AvgIpc) is 2.17. The summed E-state index contributed by atoms with van der Waals surface area (Å²) in [7, 11) is -3.98. The van der Waals surface area contributed by atoms with Gasteiger partial charge in [0.2, 0.25) is 0 Å². The van der Waals surface area contributed by atoms with Gasteiger partial charge in [-0.15, -0.1) is 0 Å². The molecule has 0 heterocycles. The highest BCUT2D eigenvalue weighted by molar-refractivity contribution is 9.10. The number of hydrogen-bond donors (Lipinski definition) is 1. The molecule has 90 valence electrons. The largest absolute Gasteiger partial charge is 0.527 e. The Labute approximate surface area is 103 Å². The number of hydrogen-bond acceptors (Lipinski definition) is 3. The third-order valence-electron chi connectivity index (χ3n) is 1.77. The van der Waals surface area contributed by atoms with Crippen molar-refractivity contribution < 1.29 is 18.5 Å². The van der Waals surface area contributed by atoms with Crippen molar-refractivity contribution in [2.45, 2.75) is 19.8 Å². The standard InChI is InChI=1S/C10H14BrO4P/c1-2-3-7-14-16(12,13)15-10-6-4-5-9(11)8-10/h4-6,8H,2-3,7H2,1H3,(H,12,13). The molecule has 0 bridgehead atoms. The Morgan fingerprint density at radius 1 is 1.50 bits per heavy atom. The van der Waals surface area contributed by atoms with Gasteiger partial charge in [-0.25, -0.2) is 4.57 Å². The first-order chi connectivity index (χ1) is 7.53. The monoisotopic (exact) mass is 308 g/mol. The first kappa shape index (κ1) is 13.7. The van der Waals surface area contributed by atoms with E-state index in [0.29, 0.717) is 5.75 Å². The fourth-order valence-electron chi connectivity index (χ4n) is 1.01. The average molecular weight is 309 g/mol. The lowest BCUT2D eigenvalue weighted by molar-refractivity contribution is 0.201. The Kier molecular flexibility index (Phi) is 5.49. The number of phosphoric ester groups is 1. The van der Waals surface area contributed by atoms with Crippen molar-refractivity contribution in [3.63, 3.8) is 0 Å². The minimum atomic E-state index is -3.98. The van der Waals surface area contributed by atoms with Crippen LogP contribution in [0.15, 0.2) is 28.7 Å². The van der Waals surface area contributed by atoms with E-state index in [1.165, 1.54) is 0 Å². The highest BCUT2D eigenvalue weighted by Crippen LogP contribution is 2.44. The van der Waals surface area contributed by atoms with Crippen molar-refractivity contribution >= 4 is 23.8 Å². The second-order valence-electron chi connectivity index (χ2n) is 3.20. The maximum Gasteiger partial charge on any atom is 0.527 e. The molecule has 4 nitrogen and oxygen atoms in total. The molecule has 1 rings (SSSR count). The van der Waals surface area contributed by atoms with Gasteiger partial charge in [-0.05, 0) is 24.6 Å². The summed E-state index contributed by atoms with van der Waals surface area (Å²) in [4.78, 5) is 9.38. The van der Waals surface area contributed by atoms with Crippen molar-refractivity contribution in [2.75, 3.05) is 6.61 Å². The van der Waals surface area contributed by atoms with E-state index < -0.39 is 7.82 Å². The highest BCUT2D eigenvalue weighted by Gasteiger charge is 2.22. The Hall–Kier alpha value is -0.350. The third kappa shape index (κ3) is 5.12. The van der Waals surface area contributed by atoms with Gasteiger partial charge in [-0.2, -0.15) is 0 Å². The van der Waals surface area contributed by atoms with Crippen LogP contribution in [0.1, 0.15) is 19.8 Å². The van der Waals surface area contributed by atoms with Crippen LogP contribution in [-0.2, 0) is 9.09 Å². The molecule has 1 unspecified atom stereocenters. The molecule has 0 amide bonds. The molecule has 6 heteroatoms. The minimum absolute atomic E-state index is 0.221. The van der Waals surface area contributed by atoms with Gasteiger partial charge in [-0.3, -0.25) is 9.42 Å². The zero-order valence-electron chi connectivity index (χ0n) is 8.93. The summed E-state index contributed by atoms with van der Waals surface area (Å²) in [6, 6.07) is 6.71. The van der Waals surface area contributed by atoms with E-state index >= 15 is 0 Å². The number of halogens is 1. The van der Waals surface area contributed by atoms with Gasteiger partial charge in [0, 0.05) is 4.47 Å². The molecule has 0 saturated heterocycles. The molecule has 0 aliphatic heterocycles. The number of rotatable bonds is 6. The molecule has 1 aromatic carbocycles.